The van der Waals surface area contributed by atoms with E-state index in [2.05, 4.69) is 10.1 Å². The lowest BCUT2D eigenvalue weighted by atomic mass is 10.0. The third-order valence-corrected chi connectivity index (χ3v) is 3.90. The van der Waals surface area contributed by atoms with Gasteiger partial charge in [0, 0.05) is 25.9 Å². The largest absolute Gasteiger partial charge is 0.347 e. The van der Waals surface area contributed by atoms with Gasteiger partial charge in [0.05, 0.1) is 11.1 Å². The average Bonchev–Trinajstić information content (AvgIpc) is 2.90. The number of benzene rings is 1. The number of halogens is 4. The highest BCUT2D eigenvalue weighted by Gasteiger charge is 2.18. The fourth-order valence-corrected chi connectivity index (χ4v) is 2.45. The Bertz CT molecular complexity index is 984. The van der Waals surface area contributed by atoms with Crippen molar-refractivity contribution in [3.63, 3.8) is 0 Å². The van der Waals surface area contributed by atoms with Crippen molar-refractivity contribution >= 4 is 16.9 Å². The Morgan fingerprint density at radius 2 is 1.92 bits per heavy atom. The molecule has 0 saturated carbocycles. The van der Waals surface area contributed by atoms with E-state index in [9.17, 15) is 22.4 Å². The van der Waals surface area contributed by atoms with Gasteiger partial charge in [-0.25, -0.2) is 18.2 Å². The first kappa shape index (κ1) is 17.8. The van der Waals surface area contributed by atoms with Gasteiger partial charge in [0.2, 0.25) is 5.91 Å². The van der Waals surface area contributed by atoms with Crippen molar-refractivity contribution in [3.05, 3.63) is 47.8 Å². The first-order valence-electron chi connectivity index (χ1n) is 7.58. The Hall–Kier alpha value is -2.97. The molecule has 2 heterocycles. The molecule has 0 aliphatic heterocycles. The van der Waals surface area contributed by atoms with Crippen LogP contribution in [0.15, 0.2) is 30.5 Å². The lowest BCUT2D eigenvalue weighted by Crippen LogP contribution is -2.26. The lowest BCUT2D eigenvalue weighted by molar-refractivity contribution is -0.129. The summed E-state index contributed by atoms with van der Waals surface area (Å²) in [4.78, 5) is 17.2. The van der Waals surface area contributed by atoms with E-state index in [0.29, 0.717) is 11.1 Å². The summed E-state index contributed by atoms with van der Waals surface area (Å²) >= 11 is 0. The molecular weight excluding hydrogens is 352 g/mol. The third-order valence-electron chi connectivity index (χ3n) is 3.90. The molecular formula is C17H14F4N4O. The molecule has 26 heavy (non-hydrogen) atoms. The molecule has 9 heteroatoms. The van der Waals surface area contributed by atoms with Gasteiger partial charge in [-0.15, -0.1) is 5.10 Å². The Balaban J connectivity index is 2.09. The van der Waals surface area contributed by atoms with Crippen LogP contribution in [-0.4, -0.2) is 39.7 Å². The zero-order valence-corrected chi connectivity index (χ0v) is 13.9. The predicted octanol–water partition coefficient (Wildman–Crippen LogP) is 3.40. The second-order valence-corrected chi connectivity index (χ2v) is 5.87. The normalized spacial score (nSPS) is 11.3. The van der Waals surface area contributed by atoms with Crippen LogP contribution in [0.2, 0.25) is 0 Å². The molecule has 3 aromatic rings. The van der Waals surface area contributed by atoms with Crippen molar-refractivity contribution in [1.29, 1.82) is 0 Å². The van der Waals surface area contributed by atoms with Gasteiger partial charge in [0.15, 0.2) is 0 Å². The summed E-state index contributed by atoms with van der Waals surface area (Å²) in [6, 6.07) is 4.76. The van der Waals surface area contributed by atoms with E-state index in [-0.39, 0.29) is 23.5 Å². The van der Waals surface area contributed by atoms with E-state index in [1.165, 1.54) is 23.2 Å². The van der Waals surface area contributed by atoms with E-state index >= 15 is 0 Å². The maximum Gasteiger partial charge on any atom is 0.266 e. The van der Waals surface area contributed by atoms with Crippen LogP contribution in [-0.2, 0) is 11.3 Å². The predicted molar refractivity (Wildman–Crippen MR) is 86.5 cm³/mol. The zero-order chi connectivity index (χ0) is 19.0. The molecule has 1 aromatic carbocycles. The van der Waals surface area contributed by atoms with Gasteiger partial charge in [-0.2, -0.15) is 4.39 Å². The summed E-state index contributed by atoms with van der Waals surface area (Å²) in [6.07, 6.45) is -1.68. The van der Waals surface area contributed by atoms with Gasteiger partial charge in [-0.3, -0.25) is 9.48 Å². The number of carbonyl (C=O) groups excluding carboxylic acids is 1. The number of fused-ring (bicyclic) bond motifs is 1. The summed E-state index contributed by atoms with van der Waals surface area (Å²) in [7, 11) is 3.11. The number of pyridine rings is 1. The number of nitrogens with zero attached hydrogens (tertiary/aromatic N) is 4. The highest BCUT2D eigenvalue weighted by atomic mass is 19.3. The Labute approximate surface area is 145 Å². The molecule has 1 amide bonds. The number of carbonyl (C=O) groups is 1. The molecule has 0 spiro atoms. The van der Waals surface area contributed by atoms with Gasteiger partial charge in [0.25, 0.3) is 12.4 Å². The maximum absolute atomic E-state index is 13.9. The fraction of sp³-hybridized carbons (Fsp3) is 0.235. The minimum atomic E-state index is -2.97. The van der Waals surface area contributed by atoms with Gasteiger partial charge < -0.3 is 4.90 Å². The number of amides is 1. The highest BCUT2D eigenvalue weighted by Crippen LogP contribution is 2.29. The Kier molecular flexibility index (Phi) is 4.62. The molecule has 0 bridgehead atoms. The van der Waals surface area contributed by atoms with Crippen molar-refractivity contribution in [2.45, 2.75) is 13.0 Å². The number of likely N-dealkylation sites (N-methyl/N-ethyl adjacent to an activating group) is 1. The van der Waals surface area contributed by atoms with Crippen LogP contribution in [0.5, 0.6) is 0 Å². The molecule has 5 nitrogen and oxygen atoms in total. The van der Waals surface area contributed by atoms with Crippen molar-refractivity contribution in [2.24, 2.45) is 0 Å². The van der Waals surface area contributed by atoms with Crippen molar-refractivity contribution in [1.82, 2.24) is 19.7 Å². The minimum absolute atomic E-state index is 0.0449. The molecule has 3 rings (SSSR count). The van der Waals surface area contributed by atoms with Crippen molar-refractivity contribution in [2.75, 3.05) is 14.1 Å². The second-order valence-electron chi connectivity index (χ2n) is 5.87. The maximum atomic E-state index is 13.9. The van der Waals surface area contributed by atoms with E-state index in [4.69, 9.17) is 0 Å². The monoisotopic (exact) mass is 366 g/mol. The summed E-state index contributed by atoms with van der Waals surface area (Å²) in [5.41, 5.74) is 0.126. The molecule has 0 unspecified atom stereocenters. The molecule has 0 aliphatic rings. The zero-order valence-electron chi connectivity index (χ0n) is 13.9. The molecule has 0 N–H and O–H groups in total. The molecule has 2 aromatic heterocycles. The van der Waals surface area contributed by atoms with Crippen molar-refractivity contribution in [3.8, 4) is 11.1 Å². The second kappa shape index (κ2) is 6.74. The Morgan fingerprint density at radius 3 is 2.58 bits per heavy atom. The first-order chi connectivity index (χ1) is 12.3. The van der Waals surface area contributed by atoms with Crippen LogP contribution in [0.25, 0.3) is 22.2 Å². The SMILES string of the molecule is CN(C)C(=O)Cn1nc(F)c2ncc(-c3ccc(F)c(C(F)F)c3)cc21. The van der Waals surface area contributed by atoms with Crippen LogP contribution in [0, 0.1) is 11.8 Å². The van der Waals surface area contributed by atoms with Crippen LogP contribution >= 0.6 is 0 Å². The van der Waals surface area contributed by atoms with Crippen LogP contribution in [0.4, 0.5) is 17.6 Å². The highest BCUT2D eigenvalue weighted by molar-refractivity contribution is 5.83. The molecule has 0 aliphatic carbocycles. The standard InChI is InChI=1S/C17H14F4N4O/c1-24(2)14(26)8-25-13-6-10(7-22-15(13)17(21)23-25)9-3-4-12(18)11(5-9)16(19)20/h3-7,16H,8H2,1-2H3. The molecule has 0 fully saturated rings. The van der Waals surface area contributed by atoms with E-state index in [1.807, 2.05) is 0 Å². The number of alkyl halides is 2. The summed E-state index contributed by atoms with van der Waals surface area (Å²) in [6.45, 7) is -0.204. The number of hydrogen-bond acceptors (Lipinski definition) is 3. The molecule has 136 valence electrons. The average molecular weight is 366 g/mol. The van der Waals surface area contributed by atoms with Gasteiger partial charge in [-0.1, -0.05) is 6.07 Å². The minimum Gasteiger partial charge on any atom is -0.347 e. The number of hydrogen-bond donors (Lipinski definition) is 0. The van der Waals surface area contributed by atoms with Crippen LogP contribution in [0.1, 0.15) is 12.0 Å². The summed E-state index contributed by atoms with van der Waals surface area (Å²) < 4.78 is 54.4. The van der Waals surface area contributed by atoms with Crippen molar-refractivity contribution < 1.29 is 22.4 Å². The third kappa shape index (κ3) is 3.24. The first-order valence-corrected chi connectivity index (χ1v) is 7.58. The van der Waals surface area contributed by atoms with E-state index < -0.39 is 23.8 Å². The van der Waals surface area contributed by atoms with E-state index in [1.54, 1.807) is 14.1 Å². The molecule has 0 atom stereocenters. The Morgan fingerprint density at radius 1 is 1.19 bits per heavy atom. The smallest absolute Gasteiger partial charge is 0.266 e. The molecule has 0 radical (unpaired) electrons. The fourth-order valence-electron chi connectivity index (χ4n) is 2.45. The quantitative estimate of drug-likeness (QED) is 0.665. The topological polar surface area (TPSA) is 51.0 Å². The van der Waals surface area contributed by atoms with Gasteiger partial charge in [0.1, 0.15) is 17.9 Å². The van der Waals surface area contributed by atoms with E-state index in [0.717, 1.165) is 16.8 Å². The number of aromatic nitrogens is 3. The number of rotatable bonds is 4. The lowest BCUT2D eigenvalue weighted by Gasteiger charge is -2.11. The summed E-state index contributed by atoms with van der Waals surface area (Å²) in [5, 5.41) is 3.67. The summed E-state index contributed by atoms with van der Waals surface area (Å²) in [5.74, 6) is -2.16. The van der Waals surface area contributed by atoms with Crippen LogP contribution in [0.3, 0.4) is 0 Å². The van der Waals surface area contributed by atoms with Gasteiger partial charge in [-0.05, 0) is 23.8 Å². The van der Waals surface area contributed by atoms with Crippen LogP contribution < -0.4 is 0 Å². The molecule has 0 saturated heterocycles. The van der Waals surface area contributed by atoms with Gasteiger partial charge >= 0.3 is 0 Å².